The van der Waals surface area contributed by atoms with E-state index in [2.05, 4.69) is 49.3 Å². The largest absolute Gasteiger partial charge is 0.384 e. The van der Waals surface area contributed by atoms with E-state index in [-0.39, 0.29) is 0 Å². The van der Waals surface area contributed by atoms with Crippen LogP contribution in [0.4, 0.5) is 5.82 Å². The zero-order valence-corrected chi connectivity index (χ0v) is 11.7. The summed E-state index contributed by atoms with van der Waals surface area (Å²) in [5.74, 6) is 0.648. The van der Waals surface area contributed by atoms with Crippen molar-refractivity contribution < 1.29 is 0 Å². The summed E-state index contributed by atoms with van der Waals surface area (Å²) < 4.78 is 1.80. The van der Waals surface area contributed by atoms with Crippen LogP contribution in [0.2, 0.25) is 0 Å². The van der Waals surface area contributed by atoms with Crippen molar-refractivity contribution in [3.8, 4) is 16.9 Å². The quantitative estimate of drug-likeness (QED) is 0.765. The summed E-state index contributed by atoms with van der Waals surface area (Å²) in [6, 6.07) is 18.3. The maximum absolute atomic E-state index is 6.11. The van der Waals surface area contributed by atoms with E-state index in [0.29, 0.717) is 5.82 Å². The standard InChI is InChI=1S/C17H17N3/c1-12-7-9-14(10-8-12)15-11-17(18)20(19-15)16-6-4-3-5-13(16)2/h3-11H,18H2,1-2H3. The predicted octanol–water partition coefficient (Wildman–Crippen LogP) is 3.74. The minimum Gasteiger partial charge on any atom is -0.384 e. The highest BCUT2D eigenvalue weighted by Crippen LogP contribution is 2.24. The lowest BCUT2D eigenvalue weighted by Crippen LogP contribution is -2.03. The molecule has 0 aliphatic carbocycles. The monoisotopic (exact) mass is 263 g/mol. The van der Waals surface area contributed by atoms with E-state index < -0.39 is 0 Å². The molecule has 0 bridgehead atoms. The highest BCUT2D eigenvalue weighted by molar-refractivity contribution is 5.64. The van der Waals surface area contributed by atoms with Gasteiger partial charge in [0.05, 0.1) is 11.4 Å². The minimum absolute atomic E-state index is 0.648. The number of aromatic nitrogens is 2. The van der Waals surface area contributed by atoms with Crippen LogP contribution in [-0.4, -0.2) is 9.78 Å². The molecule has 0 spiro atoms. The average molecular weight is 263 g/mol. The summed E-state index contributed by atoms with van der Waals surface area (Å²) in [6.07, 6.45) is 0. The molecule has 1 aromatic heterocycles. The fourth-order valence-electron chi connectivity index (χ4n) is 2.25. The van der Waals surface area contributed by atoms with Gasteiger partial charge in [-0.05, 0) is 25.5 Å². The maximum atomic E-state index is 6.11. The van der Waals surface area contributed by atoms with Gasteiger partial charge in [-0.25, -0.2) is 4.68 Å². The number of nitrogens with two attached hydrogens (primary N) is 1. The first-order valence-corrected chi connectivity index (χ1v) is 6.64. The molecule has 0 atom stereocenters. The number of rotatable bonds is 2. The van der Waals surface area contributed by atoms with Gasteiger partial charge in [-0.1, -0.05) is 48.0 Å². The Morgan fingerprint density at radius 1 is 0.950 bits per heavy atom. The van der Waals surface area contributed by atoms with Crippen LogP contribution in [0.5, 0.6) is 0 Å². The molecule has 1 heterocycles. The molecular formula is C17H17N3. The highest BCUT2D eigenvalue weighted by Gasteiger charge is 2.10. The van der Waals surface area contributed by atoms with Crippen LogP contribution in [0.3, 0.4) is 0 Å². The SMILES string of the molecule is Cc1ccc(-c2cc(N)n(-c3ccccc3C)n2)cc1. The molecule has 3 heteroatoms. The zero-order valence-electron chi connectivity index (χ0n) is 11.7. The summed E-state index contributed by atoms with van der Waals surface area (Å²) in [5.41, 5.74) is 11.5. The van der Waals surface area contributed by atoms with Gasteiger partial charge in [-0.2, -0.15) is 5.10 Å². The molecule has 0 radical (unpaired) electrons. The van der Waals surface area contributed by atoms with Gasteiger partial charge in [-0.15, -0.1) is 0 Å². The Hall–Kier alpha value is -2.55. The number of aryl methyl sites for hydroxylation is 2. The van der Waals surface area contributed by atoms with E-state index >= 15 is 0 Å². The number of hydrogen-bond acceptors (Lipinski definition) is 2. The van der Waals surface area contributed by atoms with Gasteiger partial charge < -0.3 is 5.73 Å². The van der Waals surface area contributed by atoms with Crippen molar-refractivity contribution in [2.45, 2.75) is 13.8 Å². The Morgan fingerprint density at radius 2 is 1.65 bits per heavy atom. The number of nitrogen functional groups attached to an aromatic ring is 1. The van der Waals surface area contributed by atoms with E-state index in [1.54, 1.807) is 4.68 Å². The van der Waals surface area contributed by atoms with E-state index in [9.17, 15) is 0 Å². The van der Waals surface area contributed by atoms with Gasteiger partial charge in [0, 0.05) is 11.6 Å². The van der Waals surface area contributed by atoms with E-state index in [0.717, 1.165) is 22.5 Å². The van der Waals surface area contributed by atoms with Crippen molar-refractivity contribution in [2.24, 2.45) is 0 Å². The van der Waals surface area contributed by atoms with Crippen LogP contribution < -0.4 is 5.73 Å². The van der Waals surface area contributed by atoms with E-state index in [1.807, 2.05) is 24.3 Å². The first kappa shape index (κ1) is 12.5. The van der Waals surface area contributed by atoms with Crippen molar-refractivity contribution in [2.75, 3.05) is 5.73 Å². The summed E-state index contributed by atoms with van der Waals surface area (Å²) >= 11 is 0. The predicted molar refractivity (Wildman–Crippen MR) is 82.9 cm³/mol. The molecule has 2 aromatic carbocycles. The van der Waals surface area contributed by atoms with Crippen molar-refractivity contribution in [1.82, 2.24) is 9.78 Å². The van der Waals surface area contributed by atoms with Crippen LogP contribution >= 0.6 is 0 Å². The smallest absolute Gasteiger partial charge is 0.127 e. The second-order valence-electron chi connectivity index (χ2n) is 5.02. The van der Waals surface area contributed by atoms with Crippen LogP contribution in [0.1, 0.15) is 11.1 Å². The molecule has 100 valence electrons. The Balaban J connectivity index is 2.08. The second kappa shape index (κ2) is 4.85. The summed E-state index contributed by atoms with van der Waals surface area (Å²) in [6.45, 7) is 4.13. The van der Waals surface area contributed by atoms with Crippen LogP contribution in [-0.2, 0) is 0 Å². The fourth-order valence-corrected chi connectivity index (χ4v) is 2.25. The van der Waals surface area contributed by atoms with Gasteiger partial charge in [-0.3, -0.25) is 0 Å². The maximum Gasteiger partial charge on any atom is 0.127 e. The van der Waals surface area contributed by atoms with E-state index in [1.165, 1.54) is 5.56 Å². The van der Waals surface area contributed by atoms with Crippen molar-refractivity contribution in [3.05, 3.63) is 65.7 Å². The Kier molecular flexibility index (Phi) is 3.03. The average Bonchev–Trinajstić information content (AvgIpc) is 2.82. The molecule has 0 saturated heterocycles. The van der Waals surface area contributed by atoms with Crippen LogP contribution in [0.25, 0.3) is 16.9 Å². The molecule has 0 fully saturated rings. The number of hydrogen-bond donors (Lipinski definition) is 1. The topological polar surface area (TPSA) is 43.8 Å². The fraction of sp³-hybridized carbons (Fsp3) is 0.118. The molecule has 0 amide bonds. The molecule has 0 saturated carbocycles. The van der Waals surface area contributed by atoms with Gasteiger partial charge >= 0.3 is 0 Å². The second-order valence-corrected chi connectivity index (χ2v) is 5.02. The minimum atomic E-state index is 0.648. The van der Waals surface area contributed by atoms with Crippen molar-refractivity contribution >= 4 is 5.82 Å². The normalized spacial score (nSPS) is 10.7. The number of anilines is 1. The lowest BCUT2D eigenvalue weighted by molar-refractivity contribution is 0.887. The zero-order chi connectivity index (χ0) is 14.1. The van der Waals surface area contributed by atoms with Crippen molar-refractivity contribution in [3.63, 3.8) is 0 Å². The van der Waals surface area contributed by atoms with Crippen LogP contribution in [0, 0.1) is 13.8 Å². The summed E-state index contributed by atoms with van der Waals surface area (Å²) in [5, 5.41) is 4.63. The molecule has 3 rings (SSSR count). The molecule has 0 aliphatic rings. The number of para-hydroxylation sites is 1. The number of nitrogens with zero attached hydrogens (tertiary/aromatic N) is 2. The van der Waals surface area contributed by atoms with Gasteiger partial charge in [0.1, 0.15) is 5.82 Å². The third-order valence-corrected chi connectivity index (χ3v) is 3.43. The van der Waals surface area contributed by atoms with Crippen LogP contribution in [0.15, 0.2) is 54.6 Å². The molecule has 2 N–H and O–H groups in total. The first-order chi connectivity index (χ1) is 9.65. The third-order valence-electron chi connectivity index (χ3n) is 3.43. The Morgan fingerprint density at radius 3 is 2.35 bits per heavy atom. The Labute approximate surface area is 118 Å². The molecule has 3 aromatic rings. The number of benzene rings is 2. The molecule has 0 unspecified atom stereocenters. The summed E-state index contributed by atoms with van der Waals surface area (Å²) in [4.78, 5) is 0. The molecule has 20 heavy (non-hydrogen) atoms. The molecule has 0 aliphatic heterocycles. The first-order valence-electron chi connectivity index (χ1n) is 6.64. The van der Waals surface area contributed by atoms with E-state index in [4.69, 9.17) is 5.73 Å². The van der Waals surface area contributed by atoms with Crippen molar-refractivity contribution in [1.29, 1.82) is 0 Å². The van der Waals surface area contributed by atoms with Gasteiger partial charge in [0.2, 0.25) is 0 Å². The lowest BCUT2D eigenvalue weighted by Gasteiger charge is -2.06. The van der Waals surface area contributed by atoms with Gasteiger partial charge in [0.15, 0.2) is 0 Å². The molecule has 3 nitrogen and oxygen atoms in total. The molecular weight excluding hydrogens is 246 g/mol. The van der Waals surface area contributed by atoms with Gasteiger partial charge in [0.25, 0.3) is 0 Å². The highest BCUT2D eigenvalue weighted by atomic mass is 15.3. The third kappa shape index (κ3) is 2.18. The Bertz CT molecular complexity index is 739. The lowest BCUT2D eigenvalue weighted by atomic mass is 10.1. The summed E-state index contributed by atoms with van der Waals surface area (Å²) in [7, 11) is 0.